The SMILES string of the molecule is CCCC/C=C\CCCCCCCC(=O)OCCCCCCCCCCCCCC/C=C\CCCCCCCCCCCC(=O)NC(CO)C(O)CCCCCCCCCCCCCCCCCCCCC. The van der Waals surface area contributed by atoms with Crippen molar-refractivity contribution in [2.75, 3.05) is 13.2 Å². The van der Waals surface area contributed by atoms with Crippen molar-refractivity contribution in [1.82, 2.24) is 5.32 Å². The molecule has 426 valence electrons. The molecule has 0 rings (SSSR count). The highest BCUT2D eigenvalue weighted by molar-refractivity contribution is 5.76. The highest BCUT2D eigenvalue weighted by Gasteiger charge is 2.20. The number of rotatable bonds is 61. The fraction of sp³-hybridized carbons (Fsp3) is 0.909. The van der Waals surface area contributed by atoms with Crippen LogP contribution in [0.5, 0.6) is 0 Å². The lowest BCUT2D eigenvalue weighted by Crippen LogP contribution is -2.45. The third-order valence-corrected chi connectivity index (χ3v) is 15.2. The summed E-state index contributed by atoms with van der Waals surface area (Å²) in [4.78, 5) is 24.5. The number of aliphatic hydroxyl groups excluding tert-OH is 2. The largest absolute Gasteiger partial charge is 0.466 e. The molecule has 0 aromatic carbocycles. The van der Waals surface area contributed by atoms with Gasteiger partial charge in [-0.05, 0) is 70.6 Å². The van der Waals surface area contributed by atoms with Crippen molar-refractivity contribution in [3.63, 3.8) is 0 Å². The maximum atomic E-state index is 12.5. The highest BCUT2D eigenvalue weighted by atomic mass is 16.5. The van der Waals surface area contributed by atoms with Gasteiger partial charge in [0, 0.05) is 12.8 Å². The number of ether oxygens (including phenoxy) is 1. The zero-order valence-electron chi connectivity index (χ0n) is 48.7. The van der Waals surface area contributed by atoms with Gasteiger partial charge in [-0.25, -0.2) is 0 Å². The molecule has 0 saturated carbocycles. The Hall–Kier alpha value is -1.66. The van der Waals surface area contributed by atoms with Gasteiger partial charge in [-0.1, -0.05) is 301 Å². The van der Waals surface area contributed by atoms with Crippen LogP contribution >= 0.6 is 0 Å². The lowest BCUT2D eigenvalue weighted by atomic mass is 10.0. The number of amides is 1. The van der Waals surface area contributed by atoms with Gasteiger partial charge in [-0.2, -0.15) is 0 Å². The lowest BCUT2D eigenvalue weighted by molar-refractivity contribution is -0.143. The summed E-state index contributed by atoms with van der Waals surface area (Å²) in [6.45, 7) is 4.94. The van der Waals surface area contributed by atoms with E-state index in [0.29, 0.717) is 25.9 Å². The summed E-state index contributed by atoms with van der Waals surface area (Å²) in [6.07, 6.45) is 76.3. The number of hydrogen-bond acceptors (Lipinski definition) is 5. The minimum Gasteiger partial charge on any atom is -0.466 e. The number of carbonyl (C=O) groups is 2. The van der Waals surface area contributed by atoms with E-state index in [1.54, 1.807) is 0 Å². The monoisotopic (exact) mass is 1010 g/mol. The molecular weight excluding hydrogens is 887 g/mol. The van der Waals surface area contributed by atoms with Crippen LogP contribution in [0.15, 0.2) is 24.3 Å². The van der Waals surface area contributed by atoms with Gasteiger partial charge in [0.05, 0.1) is 25.4 Å². The summed E-state index contributed by atoms with van der Waals surface area (Å²) in [6, 6.07) is -0.544. The Morgan fingerprint density at radius 1 is 0.375 bits per heavy atom. The predicted molar refractivity (Wildman–Crippen MR) is 315 cm³/mol. The van der Waals surface area contributed by atoms with E-state index in [1.807, 2.05) is 0 Å². The summed E-state index contributed by atoms with van der Waals surface area (Å²) < 4.78 is 5.46. The Morgan fingerprint density at radius 3 is 1.03 bits per heavy atom. The van der Waals surface area contributed by atoms with Crippen LogP contribution in [0.1, 0.15) is 361 Å². The number of hydrogen-bond donors (Lipinski definition) is 3. The third-order valence-electron chi connectivity index (χ3n) is 15.2. The molecule has 0 bridgehead atoms. The van der Waals surface area contributed by atoms with Crippen LogP contribution in [0.2, 0.25) is 0 Å². The summed E-state index contributed by atoms with van der Waals surface area (Å²) in [5.41, 5.74) is 0. The normalized spacial score (nSPS) is 12.7. The van der Waals surface area contributed by atoms with Gasteiger partial charge < -0.3 is 20.3 Å². The Bertz CT molecular complexity index is 1120. The number of aliphatic hydroxyl groups is 2. The molecule has 1 amide bonds. The van der Waals surface area contributed by atoms with E-state index < -0.39 is 12.1 Å². The van der Waals surface area contributed by atoms with Gasteiger partial charge in [-0.15, -0.1) is 0 Å². The van der Waals surface area contributed by atoms with Crippen molar-refractivity contribution >= 4 is 11.9 Å². The standard InChI is InChI=1S/C66H127NO5/c1-3-5-7-9-11-13-15-16-17-18-26-29-32-35-39-42-46-50-54-58-64(69)63(62-68)67-65(70)59-55-51-47-43-40-36-33-30-27-24-22-20-19-21-23-25-28-31-34-37-41-45-49-53-57-61-72-66(71)60-56-52-48-44-38-14-12-10-8-6-4-2/h10,12,20,22,63-64,68-69H,3-9,11,13-19,21,23-62H2,1-2H3,(H,67,70)/b12-10-,22-20-. The van der Waals surface area contributed by atoms with Crippen LogP contribution in [-0.2, 0) is 14.3 Å². The number of esters is 1. The van der Waals surface area contributed by atoms with Crippen LogP contribution in [0.4, 0.5) is 0 Å². The smallest absolute Gasteiger partial charge is 0.305 e. The minimum absolute atomic E-state index is 0.00279. The molecule has 0 heterocycles. The number of allylic oxidation sites excluding steroid dienone is 4. The van der Waals surface area contributed by atoms with Gasteiger partial charge in [-0.3, -0.25) is 9.59 Å². The van der Waals surface area contributed by atoms with Crippen LogP contribution in [-0.4, -0.2) is 47.4 Å². The summed E-state index contributed by atoms with van der Waals surface area (Å²) in [5, 5.41) is 23.4. The molecule has 0 aliphatic rings. The third kappa shape index (κ3) is 57.6. The predicted octanol–water partition coefficient (Wildman–Crippen LogP) is 20.6. The molecule has 0 saturated heterocycles. The van der Waals surface area contributed by atoms with Gasteiger partial charge in [0.25, 0.3) is 0 Å². The fourth-order valence-corrected chi connectivity index (χ4v) is 10.2. The van der Waals surface area contributed by atoms with Crippen molar-refractivity contribution in [2.45, 2.75) is 373 Å². The molecule has 0 fully saturated rings. The Balaban J connectivity index is 3.40. The first-order valence-electron chi connectivity index (χ1n) is 32.6. The van der Waals surface area contributed by atoms with Crippen LogP contribution in [0.3, 0.4) is 0 Å². The van der Waals surface area contributed by atoms with E-state index in [9.17, 15) is 19.8 Å². The first-order chi connectivity index (χ1) is 35.5. The highest BCUT2D eigenvalue weighted by Crippen LogP contribution is 2.18. The van der Waals surface area contributed by atoms with Crippen molar-refractivity contribution in [2.24, 2.45) is 0 Å². The van der Waals surface area contributed by atoms with Crippen molar-refractivity contribution < 1.29 is 24.5 Å². The average molecular weight is 1010 g/mol. The summed E-state index contributed by atoms with van der Waals surface area (Å²) in [5.74, 6) is -0.0319. The van der Waals surface area contributed by atoms with Crippen LogP contribution < -0.4 is 5.32 Å². The number of unbranched alkanes of at least 4 members (excludes halogenated alkanes) is 46. The quantitative estimate of drug-likeness (QED) is 0.0320. The topological polar surface area (TPSA) is 95.9 Å². The Labute approximate surface area is 450 Å². The fourth-order valence-electron chi connectivity index (χ4n) is 10.2. The van der Waals surface area contributed by atoms with Gasteiger partial charge in [0.2, 0.25) is 5.91 Å². The van der Waals surface area contributed by atoms with Crippen molar-refractivity contribution in [3.8, 4) is 0 Å². The first-order valence-corrected chi connectivity index (χ1v) is 32.6. The molecule has 6 nitrogen and oxygen atoms in total. The van der Waals surface area contributed by atoms with E-state index in [-0.39, 0.29) is 18.5 Å². The molecule has 0 aliphatic heterocycles. The first kappa shape index (κ1) is 70.3. The van der Waals surface area contributed by atoms with E-state index in [0.717, 1.165) is 44.9 Å². The zero-order valence-corrected chi connectivity index (χ0v) is 48.7. The molecule has 2 unspecified atom stereocenters. The van der Waals surface area contributed by atoms with Gasteiger partial charge in [0.15, 0.2) is 0 Å². The van der Waals surface area contributed by atoms with Crippen molar-refractivity contribution in [3.05, 3.63) is 24.3 Å². The van der Waals surface area contributed by atoms with E-state index >= 15 is 0 Å². The van der Waals surface area contributed by atoms with Crippen LogP contribution in [0.25, 0.3) is 0 Å². The molecule has 0 spiro atoms. The number of nitrogens with one attached hydrogen (secondary N) is 1. The molecule has 0 aromatic heterocycles. The second-order valence-corrected chi connectivity index (χ2v) is 22.4. The maximum Gasteiger partial charge on any atom is 0.305 e. The Kier molecular flexibility index (Phi) is 60.5. The van der Waals surface area contributed by atoms with Gasteiger partial charge in [0.1, 0.15) is 0 Å². The second-order valence-electron chi connectivity index (χ2n) is 22.4. The molecule has 72 heavy (non-hydrogen) atoms. The molecule has 0 aliphatic carbocycles. The second kappa shape index (κ2) is 61.9. The summed E-state index contributed by atoms with van der Waals surface area (Å²) >= 11 is 0. The van der Waals surface area contributed by atoms with Crippen molar-refractivity contribution in [1.29, 1.82) is 0 Å². The minimum atomic E-state index is -0.667. The molecule has 2 atom stereocenters. The molecule has 6 heteroatoms. The van der Waals surface area contributed by atoms with E-state index in [1.165, 1.54) is 283 Å². The molecule has 3 N–H and O–H groups in total. The van der Waals surface area contributed by atoms with E-state index in [2.05, 4.69) is 43.5 Å². The Morgan fingerprint density at radius 2 is 0.667 bits per heavy atom. The van der Waals surface area contributed by atoms with Crippen LogP contribution in [0, 0.1) is 0 Å². The summed E-state index contributed by atoms with van der Waals surface area (Å²) in [7, 11) is 0. The van der Waals surface area contributed by atoms with E-state index in [4.69, 9.17) is 4.74 Å². The molecular formula is C66H127NO5. The average Bonchev–Trinajstić information content (AvgIpc) is 3.38. The maximum absolute atomic E-state index is 12.5. The molecule has 0 radical (unpaired) electrons. The van der Waals surface area contributed by atoms with Gasteiger partial charge >= 0.3 is 5.97 Å². The zero-order chi connectivity index (χ0) is 52.2. The lowest BCUT2D eigenvalue weighted by Gasteiger charge is -2.22. The molecule has 0 aromatic rings. The number of carbonyl (C=O) groups excluding carboxylic acids is 2.